The highest BCUT2D eigenvalue weighted by Gasteiger charge is 2.60. The third-order valence-electron chi connectivity index (χ3n) is 12.0. The maximum atomic E-state index is 13.9. The maximum Gasteiger partial charge on any atom is 0.420 e. The molecule has 3 amide bonds. The van der Waals surface area contributed by atoms with Gasteiger partial charge < -0.3 is 36.4 Å². The molecule has 316 valence electrons. The topological polar surface area (TPSA) is 165 Å². The number of thiocarbonyl (C=S) groups is 1. The van der Waals surface area contributed by atoms with Gasteiger partial charge in [-0.25, -0.2) is 4.98 Å². The van der Waals surface area contributed by atoms with E-state index in [1.165, 1.54) is 0 Å². The first kappa shape index (κ1) is 42.4. The number of nitrogens with two attached hydrogens (primary N) is 1. The SMILES string of the molecule is CCc1cc(N2C(=S)N(c3cnc(N)c(C(F)(F)F)c3)C(=O)C23CCC3)ccc1OCCC1CCN([C@H](C)C(=O)Nc2cc(Cl)cc(NC3CCC(=O)NC3O)c2)CC1. The number of halogens is 4. The molecule has 1 spiro atoms. The van der Waals surface area contributed by atoms with Crippen molar-refractivity contribution in [3.05, 3.63) is 64.8 Å². The number of ether oxygens (including phenoxy) is 1. The lowest BCUT2D eigenvalue weighted by molar-refractivity contribution is -0.137. The summed E-state index contributed by atoms with van der Waals surface area (Å²) in [4.78, 5) is 47.6. The van der Waals surface area contributed by atoms with Gasteiger partial charge >= 0.3 is 6.18 Å². The molecule has 3 atom stereocenters. The Hall–Kier alpha value is -4.71. The number of hydrogen-bond acceptors (Lipinski definition) is 10. The molecule has 0 bridgehead atoms. The lowest BCUT2D eigenvalue weighted by atomic mass is 9.75. The average Bonchev–Trinajstić information content (AvgIpc) is 3.41. The highest BCUT2D eigenvalue weighted by molar-refractivity contribution is 7.81. The van der Waals surface area contributed by atoms with Crippen LogP contribution in [0.15, 0.2) is 48.7 Å². The lowest BCUT2D eigenvalue weighted by Crippen LogP contribution is -2.55. The van der Waals surface area contributed by atoms with Gasteiger partial charge in [-0.2, -0.15) is 13.2 Å². The molecule has 3 saturated heterocycles. The van der Waals surface area contributed by atoms with Gasteiger partial charge in [0.25, 0.3) is 5.91 Å². The first-order valence-corrected chi connectivity index (χ1v) is 20.7. The van der Waals surface area contributed by atoms with E-state index in [0.29, 0.717) is 72.5 Å². The van der Waals surface area contributed by atoms with E-state index in [0.717, 1.165) is 61.5 Å². The molecule has 59 heavy (non-hydrogen) atoms. The van der Waals surface area contributed by atoms with Gasteiger partial charge in [-0.05, 0) is 138 Å². The number of amides is 3. The fourth-order valence-electron chi connectivity index (χ4n) is 8.41. The molecule has 1 aromatic heterocycles. The Morgan fingerprint density at radius 1 is 1.12 bits per heavy atom. The second-order valence-electron chi connectivity index (χ2n) is 15.7. The van der Waals surface area contributed by atoms with Gasteiger partial charge in [-0.1, -0.05) is 18.5 Å². The van der Waals surface area contributed by atoms with Crippen molar-refractivity contribution in [2.24, 2.45) is 5.92 Å². The number of nitrogens with one attached hydrogen (secondary N) is 3. The molecule has 2 aromatic carbocycles. The molecule has 1 aliphatic carbocycles. The summed E-state index contributed by atoms with van der Waals surface area (Å²) in [5.41, 5.74) is 6.07. The molecular formula is C41H48ClF3N8O5S. The first-order valence-electron chi connectivity index (χ1n) is 19.9. The van der Waals surface area contributed by atoms with E-state index in [1.54, 1.807) is 23.1 Å². The molecule has 4 aliphatic rings. The van der Waals surface area contributed by atoms with Crippen molar-refractivity contribution in [2.45, 2.75) is 102 Å². The minimum absolute atomic E-state index is 0.0777. The van der Waals surface area contributed by atoms with Crippen molar-refractivity contribution in [3.8, 4) is 5.75 Å². The molecule has 3 aliphatic heterocycles. The van der Waals surface area contributed by atoms with Gasteiger partial charge in [0.2, 0.25) is 11.8 Å². The molecule has 18 heteroatoms. The molecule has 1 saturated carbocycles. The Labute approximate surface area is 350 Å². The van der Waals surface area contributed by atoms with Crippen LogP contribution in [-0.2, 0) is 27.0 Å². The van der Waals surface area contributed by atoms with Crippen LogP contribution in [0.5, 0.6) is 5.75 Å². The largest absolute Gasteiger partial charge is 0.493 e. The molecule has 0 radical (unpaired) electrons. The number of carbonyl (C=O) groups is 3. The monoisotopic (exact) mass is 856 g/mol. The number of benzene rings is 2. The van der Waals surface area contributed by atoms with E-state index in [2.05, 4.69) is 25.8 Å². The normalized spacial score (nSPS) is 21.6. The van der Waals surface area contributed by atoms with Gasteiger partial charge in [0.15, 0.2) is 5.11 Å². The van der Waals surface area contributed by atoms with Crippen LogP contribution in [0.3, 0.4) is 0 Å². The van der Waals surface area contributed by atoms with Gasteiger partial charge in [0.1, 0.15) is 23.3 Å². The Kier molecular flexibility index (Phi) is 12.3. The number of pyridine rings is 1. The zero-order valence-corrected chi connectivity index (χ0v) is 34.4. The van der Waals surface area contributed by atoms with E-state index in [1.807, 2.05) is 32.0 Å². The number of aliphatic hydroxyl groups is 1. The van der Waals surface area contributed by atoms with E-state index in [9.17, 15) is 32.7 Å². The van der Waals surface area contributed by atoms with Crippen molar-refractivity contribution >= 4 is 75.2 Å². The predicted molar refractivity (Wildman–Crippen MR) is 223 cm³/mol. The van der Waals surface area contributed by atoms with E-state index in [-0.39, 0.29) is 40.6 Å². The molecule has 13 nitrogen and oxygen atoms in total. The third-order valence-corrected chi connectivity index (χ3v) is 12.6. The van der Waals surface area contributed by atoms with Crippen LogP contribution in [0.4, 0.5) is 41.7 Å². The summed E-state index contributed by atoms with van der Waals surface area (Å²) >= 11 is 12.2. The summed E-state index contributed by atoms with van der Waals surface area (Å²) in [5, 5.41) is 19.4. The van der Waals surface area contributed by atoms with Gasteiger partial charge in [-0.3, -0.25) is 24.2 Å². The molecule has 6 N–H and O–H groups in total. The van der Waals surface area contributed by atoms with Crippen LogP contribution in [0.1, 0.15) is 76.3 Å². The number of nitrogen functional groups attached to an aromatic ring is 1. The van der Waals surface area contributed by atoms with Crippen molar-refractivity contribution < 1.29 is 37.4 Å². The van der Waals surface area contributed by atoms with Crippen molar-refractivity contribution in [2.75, 3.05) is 45.9 Å². The summed E-state index contributed by atoms with van der Waals surface area (Å²) in [7, 11) is 0. The third kappa shape index (κ3) is 8.79. The maximum absolute atomic E-state index is 13.9. The summed E-state index contributed by atoms with van der Waals surface area (Å²) in [5.74, 6) is -0.293. The standard InChI is InChI=1S/C41H48ClF3N8O5S/c1-3-25-17-29(53-39(59)52(38(57)40(53)12-4-13-40)30-21-31(41(43,44)45)35(46)47-22-30)5-7-33(25)58-16-11-24-9-14-51(15-10-24)23(2)36(55)49-28-19-26(42)18-27(20-28)48-32-6-8-34(54)50-37(32)56/h5,7,17-24,32,37,48,56H,3-4,6,8-16H2,1-2H3,(H2,46,47)(H,49,55)(H,50,54)/t23-,32?,37?/m1/s1. The van der Waals surface area contributed by atoms with Crippen molar-refractivity contribution in [1.29, 1.82) is 0 Å². The quantitative estimate of drug-likeness (QED) is 0.127. The minimum Gasteiger partial charge on any atom is -0.493 e. The first-order chi connectivity index (χ1) is 28.1. The molecular weight excluding hydrogens is 809 g/mol. The molecule has 4 fully saturated rings. The van der Waals surface area contributed by atoms with Crippen LogP contribution in [0, 0.1) is 5.92 Å². The van der Waals surface area contributed by atoms with Crippen molar-refractivity contribution in [3.63, 3.8) is 0 Å². The van der Waals surface area contributed by atoms with Gasteiger partial charge in [0, 0.05) is 28.5 Å². The summed E-state index contributed by atoms with van der Waals surface area (Å²) < 4.78 is 47.4. The van der Waals surface area contributed by atoms with Crippen LogP contribution >= 0.6 is 23.8 Å². The fourth-order valence-corrected chi connectivity index (χ4v) is 9.12. The van der Waals surface area contributed by atoms with Crippen LogP contribution < -0.4 is 36.2 Å². The Balaban J connectivity index is 0.921. The number of hydrogen-bond donors (Lipinski definition) is 5. The van der Waals surface area contributed by atoms with Crippen LogP contribution in [0.2, 0.25) is 5.02 Å². The number of carbonyl (C=O) groups excluding carboxylic acids is 3. The number of aliphatic hydroxyl groups excluding tert-OH is 1. The zero-order chi connectivity index (χ0) is 42.2. The summed E-state index contributed by atoms with van der Waals surface area (Å²) in [6.07, 6.45) is 1.19. The number of aryl methyl sites for hydroxylation is 1. The molecule has 4 heterocycles. The molecule has 3 aromatic rings. The highest BCUT2D eigenvalue weighted by Crippen LogP contribution is 2.49. The number of anilines is 5. The summed E-state index contributed by atoms with van der Waals surface area (Å²) in [6, 6.07) is 10.8. The van der Waals surface area contributed by atoms with Gasteiger partial charge in [-0.15, -0.1) is 0 Å². The molecule has 7 rings (SSSR count). The van der Waals surface area contributed by atoms with Crippen LogP contribution in [-0.4, -0.2) is 81.4 Å². The van der Waals surface area contributed by atoms with E-state index >= 15 is 0 Å². The second kappa shape index (κ2) is 17.1. The van der Waals surface area contributed by atoms with Crippen molar-refractivity contribution in [1.82, 2.24) is 15.2 Å². The zero-order valence-electron chi connectivity index (χ0n) is 32.8. The fraction of sp³-hybridized carbons (Fsp3) is 0.488. The summed E-state index contributed by atoms with van der Waals surface area (Å²) in [6.45, 7) is 5.88. The Morgan fingerprint density at radius 3 is 2.51 bits per heavy atom. The number of rotatable bonds is 12. The Morgan fingerprint density at radius 2 is 1.85 bits per heavy atom. The number of piperidine rings is 2. The second-order valence-corrected chi connectivity index (χ2v) is 16.5. The number of alkyl halides is 3. The minimum atomic E-state index is -4.75. The van der Waals surface area contributed by atoms with Crippen LogP contribution in [0.25, 0.3) is 0 Å². The number of nitrogens with zero attached hydrogens (tertiary/aromatic N) is 4. The smallest absolute Gasteiger partial charge is 0.420 e. The number of aromatic nitrogens is 1. The molecule has 2 unspecified atom stereocenters. The highest BCUT2D eigenvalue weighted by atomic mass is 35.5. The lowest BCUT2D eigenvalue weighted by Gasteiger charge is -2.43. The number of likely N-dealkylation sites (tertiary alicyclic amines) is 1. The Bertz CT molecular complexity index is 2110. The average molecular weight is 857 g/mol. The van der Waals surface area contributed by atoms with E-state index < -0.39 is 29.3 Å². The van der Waals surface area contributed by atoms with Gasteiger partial charge in [0.05, 0.1) is 36.1 Å². The van der Waals surface area contributed by atoms with E-state index in [4.69, 9.17) is 34.3 Å². The predicted octanol–water partition coefficient (Wildman–Crippen LogP) is 6.48.